The molecule has 2 aromatic rings. The highest BCUT2D eigenvalue weighted by Crippen LogP contribution is 2.28. The Kier molecular flexibility index (Phi) is 4.35. The van der Waals surface area contributed by atoms with Crippen LogP contribution in [-0.4, -0.2) is 7.05 Å². The average molecular weight is 300 g/mol. The lowest BCUT2D eigenvalue weighted by Crippen LogP contribution is -2.20. The molecule has 0 radical (unpaired) electrons. The number of hydrogen-bond acceptors (Lipinski definition) is 1. The van der Waals surface area contributed by atoms with Crippen LogP contribution in [0.25, 0.3) is 0 Å². The Morgan fingerprint density at radius 1 is 1.05 bits per heavy atom. The van der Waals surface area contributed by atoms with Crippen molar-refractivity contribution in [2.24, 2.45) is 0 Å². The van der Waals surface area contributed by atoms with E-state index in [0.717, 1.165) is 17.2 Å². The van der Waals surface area contributed by atoms with Crippen LogP contribution in [0.2, 0.25) is 5.02 Å². The van der Waals surface area contributed by atoms with E-state index in [1.54, 1.807) is 25.2 Å². The maximum atomic E-state index is 13.9. The number of benzene rings is 2. The number of nitrogens with one attached hydrogen (secondary N) is 1. The first-order valence-corrected chi connectivity index (χ1v) is 6.40. The standard InChI is InChI=1S/C15H13ClF3N/c1-8-7-9(3-5-11(8)16)15(20-2)10-4-6-12(17)14(19)13(10)18/h3-7,15,20H,1-2H3. The molecule has 1 N–H and O–H groups in total. The van der Waals surface area contributed by atoms with E-state index in [-0.39, 0.29) is 5.56 Å². The van der Waals surface area contributed by atoms with Crippen LogP contribution in [0.3, 0.4) is 0 Å². The highest BCUT2D eigenvalue weighted by molar-refractivity contribution is 6.31. The van der Waals surface area contributed by atoms with Gasteiger partial charge in [-0.2, -0.15) is 0 Å². The molecule has 1 nitrogen and oxygen atoms in total. The third kappa shape index (κ3) is 2.67. The van der Waals surface area contributed by atoms with E-state index < -0.39 is 23.5 Å². The van der Waals surface area contributed by atoms with Crippen LogP contribution in [0, 0.1) is 24.4 Å². The lowest BCUT2D eigenvalue weighted by Gasteiger charge is -2.19. The molecule has 0 aliphatic rings. The van der Waals surface area contributed by atoms with Crippen LogP contribution in [0.1, 0.15) is 22.7 Å². The second kappa shape index (κ2) is 5.85. The molecule has 0 saturated heterocycles. The summed E-state index contributed by atoms with van der Waals surface area (Å²) in [5.41, 5.74) is 1.60. The third-order valence-corrected chi connectivity index (χ3v) is 3.60. The van der Waals surface area contributed by atoms with E-state index in [2.05, 4.69) is 5.32 Å². The van der Waals surface area contributed by atoms with Gasteiger partial charge >= 0.3 is 0 Å². The molecule has 2 rings (SSSR count). The molecule has 0 amide bonds. The monoisotopic (exact) mass is 299 g/mol. The van der Waals surface area contributed by atoms with Gasteiger partial charge in [-0.05, 0) is 37.2 Å². The van der Waals surface area contributed by atoms with Crippen LogP contribution in [0.4, 0.5) is 13.2 Å². The Morgan fingerprint density at radius 3 is 2.35 bits per heavy atom. The second-order valence-corrected chi connectivity index (χ2v) is 4.90. The zero-order valence-corrected chi connectivity index (χ0v) is 11.7. The van der Waals surface area contributed by atoms with E-state index >= 15 is 0 Å². The van der Waals surface area contributed by atoms with Gasteiger partial charge in [0.15, 0.2) is 17.5 Å². The summed E-state index contributed by atoms with van der Waals surface area (Å²) < 4.78 is 40.2. The van der Waals surface area contributed by atoms with Gasteiger partial charge in [-0.25, -0.2) is 13.2 Å². The Bertz CT molecular complexity index is 643. The first kappa shape index (κ1) is 14.9. The van der Waals surface area contributed by atoms with Gasteiger partial charge < -0.3 is 5.32 Å². The van der Waals surface area contributed by atoms with Crippen molar-refractivity contribution >= 4 is 11.6 Å². The molecular formula is C15H13ClF3N. The maximum absolute atomic E-state index is 13.9. The predicted molar refractivity (Wildman–Crippen MR) is 73.4 cm³/mol. The molecule has 2 aromatic carbocycles. The number of rotatable bonds is 3. The van der Waals surface area contributed by atoms with Crippen molar-refractivity contribution in [3.8, 4) is 0 Å². The predicted octanol–water partition coefficient (Wildman–Crippen LogP) is 4.37. The van der Waals surface area contributed by atoms with Crippen LogP contribution in [-0.2, 0) is 0 Å². The van der Waals surface area contributed by atoms with Gasteiger partial charge in [0.25, 0.3) is 0 Å². The van der Waals surface area contributed by atoms with Gasteiger partial charge in [-0.15, -0.1) is 0 Å². The van der Waals surface area contributed by atoms with Crippen LogP contribution in [0.5, 0.6) is 0 Å². The first-order valence-electron chi connectivity index (χ1n) is 6.02. The summed E-state index contributed by atoms with van der Waals surface area (Å²) in [7, 11) is 1.62. The van der Waals surface area contributed by atoms with Crippen molar-refractivity contribution in [1.82, 2.24) is 5.32 Å². The minimum absolute atomic E-state index is 0.0492. The van der Waals surface area contributed by atoms with Crippen LogP contribution in [0.15, 0.2) is 30.3 Å². The number of aryl methyl sites for hydroxylation is 1. The molecular weight excluding hydrogens is 287 g/mol. The molecule has 0 spiro atoms. The molecule has 0 aromatic heterocycles. The zero-order chi connectivity index (χ0) is 14.9. The third-order valence-electron chi connectivity index (χ3n) is 3.18. The van der Waals surface area contributed by atoms with Gasteiger partial charge in [0, 0.05) is 10.6 Å². The van der Waals surface area contributed by atoms with E-state index in [1.807, 2.05) is 6.92 Å². The Balaban J connectivity index is 2.52. The smallest absolute Gasteiger partial charge is 0.194 e. The van der Waals surface area contributed by atoms with E-state index in [4.69, 9.17) is 11.6 Å². The fourth-order valence-electron chi connectivity index (χ4n) is 2.11. The highest BCUT2D eigenvalue weighted by Gasteiger charge is 2.21. The van der Waals surface area contributed by atoms with Gasteiger partial charge in [-0.3, -0.25) is 0 Å². The largest absolute Gasteiger partial charge is 0.309 e. The number of halogens is 4. The van der Waals surface area contributed by atoms with E-state index in [0.29, 0.717) is 5.02 Å². The fraction of sp³-hybridized carbons (Fsp3) is 0.200. The van der Waals surface area contributed by atoms with Gasteiger partial charge in [0.05, 0.1) is 6.04 Å². The summed E-state index contributed by atoms with van der Waals surface area (Å²) in [6.45, 7) is 1.82. The topological polar surface area (TPSA) is 12.0 Å². The van der Waals surface area contributed by atoms with E-state index in [1.165, 1.54) is 6.07 Å². The summed E-state index contributed by atoms with van der Waals surface area (Å²) in [5, 5.41) is 3.49. The molecule has 0 aliphatic heterocycles. The van der Waals surface area contributed by atoms with Crippen LogP contribution >= 0.6 is 11.6 Å². The van der Waals surface area contributed by atoms with Gasteiger partial charge in [0.2, 0.25) is 0 Å². The molecule has 0 heterocycles. The molecule has 1 unspecified atom stereocenters. The van der Waals surface area contributed by atoms with Crippen molar-refractivity contribution in [2.45, 2.75) is 13.0 Å². The van der Waals surface area contributed by atoms with Crippen molar-refractivity contribution in [1.29, 1.82) is 0 Å². The molecule has 5 heteroatoms. The average Bonchev–Trinajstić information content (AvgIpc) is 2.43. The first-order chi connectivity index (χ1) is 9.45. The molecule has 0 bridgehead atoms. The Morgan fingerprint density at radius 2 is 1.75 bits per heavy atom. The molecule has 20 heavy (non-hydrogen) atoms. The maximum Gasteiger partial charge on any atom is 0.194 e. The quantitative estimate of drug-likeness (QED) is 0.830. The lowest BCUT2D eigenvalue weighted by atomic mass is 9.97. The minimum atomic E-state index is -1.46. The van der Waals surface area contributed by atoms with Crippen molar-refractivity contribution in [3.63, 3.8) is 0 Å². The second-order valence-electron chi connectivity index (χ2n) is 4.49. The van der Waals surface area contributed by atoms with Gasteiger partial charge in [-0.1, -0.05) is 29.8 Å². The Labute approximate surface area is 120 Å². The minimum Gasteiger partial charge on any atom is -0.309 e. The number of hydrogen-bond donors (Lipinski definition) is 1. The van der Waals surface area contributed by atoms with Crippen molar-refractivity contribution < 1.29 is 13.2 Å². The molecule has 0 saturated carbocycles. The summed E-state index contributed by atoms with van der Waals surface area (Å²) in [5.74, 6) is -3.85. The van der Waals surface area contributed by atoms with Gasteiger partial charge in [0.1, 0.15) is 0 Å². The lowest BCUT2D eigenvalue weighted by molar-refractivity contribution is 0.435. The molecule has 1 atom stereocenters. The zero-order valence-electron chi connectivity index (χ0n) is 11.0. The summed E-state index contributed by atoms with van der Waals surface area (Å²) in [6, 6.07) is 6.76. The molecule has 106 valence electrons. The fourth-order valence-corrected chi connectivity index (χ4v) is 2.23. The summed E-state index contributed by atoms with van der Waals surface area (Å²) in [4.78, 5) is 0. The highest BCUT2D eigenvalue weighted by atomic mass is 35.5. The SMILES string of the molecule is CNC(c1ccc(Cl)c(C)c1)c1ccc(F)c(F)c1F. The molecule has 0 aliphatic carbocycles. The van der Waals surface area contributed by atoms with Crippen molar-refractivity contribution in [2.75, 3.05) is 7.05 Å². The molecule has 0 fully saturated rings. The van der Waals surface area contributed by atoms with Crippen molar-refractivity contribution in [3.05, 3.63) is 69.5 Å². The van der Waals surface area contributed by atoms with Crippen LogP contribution < -0.4 is 5.32 Å². The Hall–Kier alpha value is -1.52. The van der Waals surface area contributed by atoms with E-state index in [9.17, 15) is 13.2 Å². The summed E-state index contributed by atoms with van der Waals surface area (Å²) >= 11 is 5.95. The normalized spacial score (nSPS) is 12.5. The summed E-state index contributed by atoms with van der Waals surface area (Å²) in [6.07, 6.45) is 0.